The number of carbonyl (C=O) groups is 2. The zero-order chi connectivity index (χ0) is 18.9. The van der Waals surface area contributed by atoms with Gasteiger partial charge < -0.3 is 4.74 Å². The van der Waals surface area contributed by atoms with Crippen LogP contribution in [0.25, 0.3) is 0 Å². The Morgan fingerprint density at radius 1 is 1.04 bits per heavy atom. The van der Waals surface area contributed by atoms with Gasteiger partial charge in [-0.25, -0.2) is 4.39 Å². The van der Waals surface area contributed by atoms with Gasteiger partial charge in [0.1, 0.15) is 0 Å². The number of hydrogen-bond acceptors (Lipinski definition) is 3. The summed E-state index contributed by atoms with van der Waals surface area (Å²) in [6.45, 7) is 0.138. The van der Waals surface area contributed by atoms with Gasteiger partial charge in [-0.15, -0.1) is 0 Å². The standard InChI is InChI=1S/C22H18FNO3/c23-19-14-22(12-11-20(19)25)24(18-9-5-2-6-10-18)21(26)17(15-27-22)13-16-7-3-1-4-8-16/h1-12,14,17H,13,15H2. The maximum Gasteiger partial charge on any atom is 0.235 e. The molecule has 2 aromatic rings. The highest BCUT2D eigenvalue weighted by atomic mass is 19.1. The average molecular weight is 363 g/mol. The first-order chi connectivity index (χ1) is 13.1. The third-order valence-electron chi connectivity index (χ3n) is 4.82. The smallest absolute Gasteiger partial charge is 0.235 e. The van der Waals surface area contributed by atoms with Crippen molar-refractivity contribution >= 4 is 17.4 Å². The quantitative estimate of drug-likeness (QED) is 0.837. The minimum atomic E-state index is -1.43. The fraction of sp³-hybridized carbons (Fsp3) is 0.182. The van der Waals surface area contributed by atoms with Crippen LogP contribution >= 0.6 is 0 Å². The number of benzene rings is 2. The highest BCUT2D eigenvalue weighted by Crippen LogP contribution is 2.37. The fourth-order valence-electron chi connectivity index (χ4n) is 3.48. The summed E-state index contributed by atoms with van der Waals surface area (Å²) in [7, 11) is 0. The molecule has 0 aromatic heterocycles. The number of hydrogen-bond donors (Lipinski definition) is 0. The Morgan fingerprint density at radius 2 is 1.70 bits per heavy atom. The van der Waals surface area contributed by atoms with E-state index in [0.29, 0.717) is 12.1 Å². The van der Waals surface area contributed by atoms with Crippen LogP contribution in [0.15, 0.2) is 84.7 Å². The summed E-state index contributed by atoms with van der Waals surface area (Å²) in [6, 6.07) is 18.7. The molecule has 0 radical (unpaired) electrons. The van der Waals surface area contributed by atoms with Gasteiger partial charge in [0.2, 0.25) is 11.7 Å². The second-order valence-electron chi connectivity index (χ2n) is 6.65. The van der Waals surface area contributed by atoms with Crippen LogP contribution in [0.3, 0.4) is 0 Å². The Morgan fingerprint density at radius 3 is 2.37 bits per heavy atom. The summed E-state index contributed by atoms with van der Waals surface area (Å²) in [5.74, 6) is -2.22. The third-order valence-corrected chi connectivity index (χ3v) is 4.82. The van der Waals surface area contributed by atoms with Gasteiger partial charge >= 0.3 is 0 Å². The SMILES string of the molecule is O=C1C=CC2(C=C1F)OCC(Cc1ccccc1)C(=O)N2c1ccccc1. The summed E-state index contributed by atoms with van der Waals surface area (Å²) in [5, 5.41) is 0. The van der Waals surface area contributed by atoms with Crippen LogP contribution in [0.5, 0.6) is 0 Å². The molecule has 2 unspecified atom stereocenters. The fourth-order valence-corrected chi connectivity index (χ4v) is 3.48. The number of halogens is 1. The molecule has 0 N–H and O–H groups in total. The van der Waals surface area contributed by atoms with Crippen molar-refractivity contribution in [3.63, 3.8) is 0 Å². The number of ether oxygens (including phenoxy) is 1. The molecule has 1 fully saturated rings. The summed E-state index contributed by atoms with van der Waals surface area (Å²) in [4.78, 5) is 26.4. The Bertz CT molecular complexity index is 923. The van der Waals surface area contributed by atoms with Crippen LogP contribution in [0, 0.1) is 5.92 Å². The lowest BCUT2D eigenvalue weighted by molar-refractivity contribution is -0.138. The Hall–Kier alpha value is -3.05. The van der Waals surface area contributed by atoms with Crippen LogP contribution < -0.4 is 4.90 Å². The van der Waals surface area contributed by atoms with E-state index >= 15 is 0 Å². The normalized spacial score (nSPS) is 25.0. The van der Waals surface area contributed by atoms with Crippen molar-refractivity contribution in [2.75, 3.05) is 11.5 Å². The van der Waals surface area contributed by atoms with Crippen molar-refractivity contribution in [2.45, 2.75) is 12.1 Å². The van der Waals surface area contributed by atoms with Crippen LogP contribution in [-0.2, 0) is 20.7 Å². The van der Waals surface area contributed by atoms with Gasteiger partial charge in [-0.05, 0) is 36.3 Å². The number of allylic oxidation sites excluding steroid dienone is 2. The van der Waals surface area contributed by atoms with E-state index in [9.17, 15) is 14.0 Å². The molecule has 1 aliphatic carbocycles. The molecule has 2 aromatic carbocycles. The van der Waals surface area contributed by atoms with Gasteiger partial charge in [-0.2, -0.15) is 0 Å². The number of amides is 1. The Labute approximate surface area is 156 Å². The van der Waals surface area contributed by atoms with Crippen LogP contribution in [0.2, 0.25) is 0 Å². The van der Waals surface area contributed by atoms with Crippen molar-refractivity contribution in [1.29, 1.82) is 0 Å². The molecule has 5 heteroatoms. The minimum Gasteiger partial charge on any atom is -0.347 e. The van der Waals surface area contributed by atoms with Gasteiger partial charge in [0.15, 0.2) is 11.6 Å². The minimum absolute atomic E-state index is 0.138. The molecular weight excluding hydrogens is 345 g/mol. The van der Waals surface area contributed by atoms with Crippen molar-refractivity contribution < 1.29 is 18.7 Å². The van der Waals surface area contributed by atoms with Gasteiger partial charge in [0, 0.05) is 11.8 Å². The van der Waals surface area contributed by atoms with Gasteiger partial charge in [-0.1, -0.05) is 48.5 Å². The molecule has 4 nitrogen and oxygen atoms in total. The summed E-state index contributed by atoms with van der Waals surface area (Å²) in [5.41, 5.74) is 0.187. The van der Waals surface area contributed by atoms with E-state index in [2.05, 4.69) is 0 Å². The molecule has 1 saturated heterocycles. The molecule has 2 aliphatic rings. The first kappa shape index (κ1) is 17.4. The molecule has 1 spiro atoms. The Kier molecular flexibility index (Phi) is 4.46. The molecule has 0 bridgehead atoms. The molecule has 1 amide bonds. The van der Waals surface area contributed by atoms with E-state index in [4.69, 9.17) is 4.74 Å². The monoisotopic (exact) mass is 363 g/mol. The summed E-state index contributed by atoms with van der Waals surface area (Å²) in [6.07, 6.45) is 4.17. The van der Waals surface area contributed by atoms with Crippen molar-refractivity contribution in [3.8, 4) is 0 Å². The van der Waals surface area contributed by atoms with E-state index in [1.165, 1.54) is 11.0 Å². The second kappa shape index (κ2) is 6.93. The van der Waals surface area contributed by atoms with Crippen LogP contribution in [0.4, 0.5) is 10.1 Å². The predicted octanol–water partition coefficient (Wildman–Crippen LogP) is 3.60. The molecule has 2 atom stereocenters. The molecular formula is C22H18FNO3. The second-order valence-corrected chi connectivity index (χ2v) is 6.65. The zero-order valence-corrected chi connectivity index (χ0v) is 14.5. The van der Waals surface area contributed by atoms with E-state index in [-0.39, 0.29) is 12.5 Å². The Balaban J connectivity index is 1.72. The number of para-hydroxylation sites is 1. The van der Waals surface area contributed by atoms with E-state index < -0.39 is 23.3 Å². The van der Waals surface area contributed by atoms with Crippen molar-refractivity contribution in [1.82, 2.24) is 0 Å². The predicted molar refractivity (Wildman–Crippen MR) is 99.6 cm³/mol. The van der Waals surface area contributed by atoms with Crippen LogP contribution in [-0.4, -0.2) is 24.0 Å². The van der Waals surface area contributed by atoms with E-state index in [0.717, 1.165) is 17.7 Å². The first-order valence-electron chi connectivity index (χ1n) is 8.78. The highest BCUT2D eigenvalue weighted by molar-refractivity contribution is 6.05. The molecule has 4 rings (SSSR count). The van der Waals surface area contributed by atoms with Crippen LogP contribution in [0.1, 0.15) is 5.56 Å². The van der Waals surface area contributed by atoms with Gasteiger partial charge in [-0.3, -0.25) is 14.5 Å². The molecule has 27 heavy (non-hydrogen) atoms. The molecule has 1 heterocycles. The van der Waals surface area contributed by atoms with Gasteiger partial charge in [0.05, 0.1) is 12.5 Å². The first-order valence-corrected chi connectivity index (χ1v) is 8.78. The van der Waals surface area contributed by atoms with Gasteiger partial charge in [0.25, 0.3) is 0 Å². The number of carbonyl (C=O) groups excluding carboxylic acids is 2. The van der Waals surface area contributed by atoms with E-state index in [1.807, 2.05) is 36.4 Å². The topological polar surface area (TPSA) is 46.6 Å². The van der Waals surface area contributed by atoms with Crippen molar-refractivity contribution in [2.24, 2.45) is 5.92 Å². The lowest BCUT2D eigenvalue weighted by Gasteiger charge is -2.46. The largest absolute Gasteiger partial charge is 0.347 e. The third kappa shape index (κ3) is 3.22. The maximum atomic E-state index is 14.1. The molecule has 0 saturated carbocycles. The maximum absolute atomic E-state index is 14.1. The summed E-state index contributed by atoms with van der Waals surface area (Å²) >= 11 is 0. The highest BCUT2D eigenvalue weighted by Gasteiger charge is 2.47. The lowest BCUT2D eigenvalue weighted by Crippen LogP contribution is -2.60. The number of ketones is 1. The lowest BCUT2D eigenvalue weighted by atomic mass is 9.92. The average Bonchev–Trinajstić information content (AvgIpc) is 2.69. The zero-order valence-electron chi connectivity index (χ0n) is 14.5. The number of anilines is 1. The number of nitrogens with zero attached hydrogens (tertiary/aromatic N) is 1. The molecule has 1 aliphatic heterocycles. The number of rotatable bonds is 3. The summed E-state index contributed by atoms with van der Waals surface area (Å²) < 4.78 is 20.1. The van der Waals surface area contributed by atoms with E-state index in [1.54, 1.807) is 24.3 Å². The van der Waals surface area contributed by atoms with Crippen molar-refractivity contribution in [3.05, 3.63) is 90.3 Å². The molecule has 136 valence electrons.